The average Bonchev–Trinajstić information content (AvgIpc) is 3.07. The molecule has 1 fully saturated rings. The highest BCUT2D eigenvalue weighted by Crippen LogP contribution is 2.70. The molecule has 1 saturated carbocycles. The molecular weight excluding hydrogens is 444 g/mol. The molecule has 6 nitrogen and oxygen atoms in total. The van der Waals surface area contributed by atoms with E-state index in [4.69, 9.17) is 9.47 Å². The second kappa shape index (κ2) is 9.84. The Morgan fingerprint density at radius 2 is 1.74 bits per heavy atom. The standard InChI is InChI=1S/C29H44O6/c1-17(2)20-15-21(30)26-25(27(20,4)13-12-24(33)35-8)22(31)16-29(6)19(11-14-28(26,29)5)18(3)9-10-23(32)34-7/h18-21,30H,1,9-16H2,2-8H3/t18-,19-,20?,21+,27+,28+,29-/m1/s1. The highest BCUT2D eigenvalue weighted by Gasteiger charge is 2.65. The number of hydrogen-bond acceptors (Lipinski definition) is 6. The van der Waals surface area contributed by atoms with Gasteiger partial charge >= 0.3 is 11.9 Å². The van der Waals surface area contributed by atoms with Gasteiger partial charge in [-0.3, -0.25) is 14.4 Å². The Balaban J connectivity index is 2.07. The molecule has 7 atom stereocenters. The lowest BCUT2D eigenvalue weighted by atomic mass is 9.46. The minimum Gasteiger partial charge on any atom is -0.469 e. The van der Waals surface area contributed by atoms with Crippen molar-refractivity contribution in [1.29, 1.82) is 0 Å². The largest absolute Gasteiger partial charge is 0.469 e. The van der Waals surface area contributed by atoms with Crippen LogP contribution in [0.3, 0.4) is 0 Å². The number of ketones is 1. The van der Waals surface area contributed by atoms with E-state index in [9.17, 15) is 19.5 Å². The lowest BCUT2D eigenvalue weighted by Gasteiger charge is -2.58. The van der Waals surface area contributed by atoms with Crippen LogP contribution in [0, 0.1) is 34.0 Å². The van der Waals surface area contributed by atoms with Gasteiger partial charge < -0.3 is 14.6 Å². The van der Waals surface area contributed by atoms with Crippen molar-refractivity contribution in [2.24, 2.45) is 34.0 Å². The molecule has 0 saturated heterocycles. The van der Waals surface area contributed by atoms with E-state index in [-0.39, 0.29) is 52.7 Å². The van der Waals surface area contributed by atoms with Crippen molar-refractivity contribution in [3.05, 3.63) is 23.3 Å². The molecule has 0 aliphatic heterocycles. The van der Waals surface area contributed by atoms with Crippen LogP contribution in [0.25, 0.3) is 0 Å². The van der Waals surface area contributed by atoms with Crippen LogP contribution >= 0.6 is 0 Å². The molecule has 0 aromatic carbocycles. The van der Waals surface area contributed by atoms with Crippen LogP contribution < -0.4 is 0 Å². The maximum Gasteiger partial charge on any atom is 0.305 e. The Morgan fingerprint density at radius 3 is 2.31 bits per heavy atom. The highest BCUT2D eigenvalue weighted by molar-refractivity contribution is 6.00. The summed E-state index contributed by atoms with van der Waals surface area (Å²) in [7, 11) is 2.79. The van der Waals surface area contributed by atoms with Crippen LogP contribution in [0.1, 0.15) is 86.0 Å². The molecule has 0 aromatic rings. The summed E-state index contributed by atoms with van der Waals surface area (Å²) in [5, 5.41) is 11.6. The average molecular weight is 489 g/mol. The number of carbonyl (C=O) groups is 3. The van der Waals surface area contributed by atoms with Crippen LogP contribution in [0.5, 0.6) is 0 Å². The van der Waals surface area contributed by atoms with E-state index >= 15 is 0 Å². The predicted molar refractivity (Wildman–Crippen MR) is 134 cm³/mol. The molecule has 3 rings (SSSR count). The van der Waals surface area contributed by atoms with Crippen LogP contribution in [0.2, 0.25) is 0 Å². The fourth-order valence-electron chi connectivity index (χ4n) is 8.08. The van der Waals surface area contributed by atoms with E-state index in [0.717, 1.165) is 36.0 Å². The van der Waals surface area contributed by atoms with Gasteiger partial charge in [-0.05, 0) is 73.2 Å². The molecule has 196 valence electrons. The zero-order chi connectivity index (χ0) is 26.3. The molecule has 3 aliphatic carbocycles. The first-order valence-electron chi connectivity index (χ1n) is 13.0. The summed E-state index contributed by atoms with van der Waals surface area (Å²) in [6, 6.07) is 0. The molecule has 35 heavy (non-hydrogen) atoms. The van der Waals surface area contributed by atoms with Crippen LogP contribution in [-0.2, 0) is 23.9 Å². The van der Waals surface area contributed by atoms with Gasteiger partial charge in [0.05, 0.1) is 20.3 Å². The first kappa shape index (κ1) is 27.6. The minimum atomic E-state index is -0.712. The number of methoxy groups -OCH3 is 2. The van der Waals surface area contributed by atoms with E-state index in [0.29, 0.717) is 25.7 Å². The third-order valence-electron chi connectivity index (χ3n) is 10.2. The summed E-state index contributed by atoms with van der Waals surface area (Å²) in [5.74, 6) is 0.0217. The third-order valence-corrected chi connectivity index (χ3v) is 10.2. The summed E-state index contributed by atoms with van der Waals surface area (Å²) in [4.78, 5) is 37.9. The van der Waals surface area contributed by atoms with E-state index in [1.54, 1.807) is 0 Å². The zero-order valence-corrected chi connectivity index (χ0v) is 22.7. The van der Waals surface area contributed by atoms with Crippen molar-refractivity contribution in [2.45, 2.75) is 92.1 Å². The second-order valence-electron chi connectivity index (χ2n) is 12.0. The molecule has 0 spiro atoms. The van der Waals surface area contributed by atoms with E-state index in [2.05, 4.69) is 34.3 Å². The lowest BCUT2D eigenvalue weighted by Crippen LogP contribution is -2.54. The number of aliphatic hydroxyl groups is 1. The molecule has 0 amide bonds. The Bertz CT molecular complexity index is 933. The van der Waals surface area contributed by atoms with E-state index < -0.39 is 11.5 Å². The molecule has 1 N–H and O–H groups in total. The Kier molecular flexibility index (Phi) is 7.77. The van der Waals surface area contributed by atoms with Gasteiger partial charge in [-0.15, -0.1) is 0 Å². The summed E-state index contributed by atoms with van der Waals surface area (Å²) in [6.07, 6.45) is 3.86. The summed E-state index contributed by atoms with van der Waals surface area (Å²) >= 11 is 0. The number of rotatable bonds is 8. The number of allylic oxidation sites excluding steroid dienone is 2. The number of esters is 2. The molecule has 1 unspecified atom stereocenters. The van der Waals surface area contributed by atoms with Gasteiger partial charge in [0.15, 0.2) is 5.78 Å². The lowest BCUT2D eigenvalue weighted by molar-refractivity contribution is -0.142. The number of hydrogen-bond donors (Lipinski definition) is 1. The van der Waals surface area contributed by atoms with Crippen molar-refractivity contribution in [2.75, 3.05) is 14.2 Å². The summed E-state index contributed by atoms with van der Waals surface area (Å²) in [5.41, 5.74) is 1.34. The Hall–Kier alpha value is -1.95. The Labute approximate surface area is 210 Å². The normalized spacial score (nSPS) is 37.4. The zero-order valence-electron chi connectivity index (χ0n) is 22.7. The first-order chi connectivity index (χ1) is 16.3. The summed E-state index contributed by atoms with van der Waals surface area (Å²) in [6.45, 7) is 14.8. The van der Waals surface area contributed by atoms with E-state index in [1.165, 1.54) is 14.2 Å². The van der Waals surface area contributed by atoms with Crippen LogP contribution in [-0.4, -0.2) is 43.2 Å². The van der Waals surface area contributed by atoms with Crippen molar-refractivity contribution in [3.8, 4) is 0 Å². The molecule has 0 bridgehead atoms. The maximum atomic E-state index is 14.1. The molecule has 0 aromatic heterocycles. The summed E-state index contributed by atoms with van der Waals surface area (Å²) < 4.78 is 9.76. The monoisotopic (exact) mass is 488 g/mol. The molecular formula is C29H44O6. The number of aliphatic hydroxyl groups excluding tert-OH is 1. The fourth-order valence-corrected chi connectivity index (χ4v) is 8.08. The van der Waals surface area contributed by atoms with Crippen molar-refractivity contribution >= 4 is 17.7 Å². The molecule has 3 aliphatic rings. The van der Waals surface area contributed by atoms with Gasteiger partial charge in [0.2, 0.25) is 0 Å². The molecule has 0 heterocycles. The predicted octanol–water partition coefficient (Wildman–Crippen LogP) is 5.18. The van der Waals surface area contributed by atoms with Crippen LogP contribution in [0.15, 0.2) is 23.3 Å². The Morgan fingerprint density at radius 1 is 1.14 bits per heavy atom. The number of fused-ring (bicyclic) bond motifs is 2. The van der Waals surface area contributed by atoms with Crippen molar-refractivity contribution in [1.82, 2.24) is 0 Å². The van der Waals surface area contributed by atoms with Gasteiger partial charge in [0.1, 0.15) is 0 Å². The topological polar surface area (TPSA) is 89.9 Å². The van der Waals surface area contributed by atoms with Gasteiger partial charge in [0, 0.05) is 30.3 Å². The van der Waals surface area contributed by atoms with E-state index in [1.807, 2.05) is 6.92 Å². The van der Waals surface area contributed by atoms with Crippen molar-refractivity contribution < 1.29 is 29.0 Å². The van der Waals surface area contributed by atoms with Crippen molar-refractivity contribution in [3.63, 3.8) is 0 Å². The van der Waals surface area contributed by atoms with Crippen LogP contribution in [0.4, 0.5) is 0 Å². The quantitative estimate of drug-likeness (QED) is 0.374. The van der Waals surface area contributed by atoms with Gasteiger partial charge in [0.25, 0.3) is 0 Å². The van der Waals surface area contributed by atoms with Gasteiger partial charge in [-0.1, -0.05) is 39.8 Å². The second-order valence-corrected chi connectivity index (χ2v) is 12.0. The number of ether oxygens (including phenoxy) is 2. The van der Waals surface area contributed by atoms with Gasteiger partial charge in [-0.25, -0.2) is 0 Å². The third kappa shape index (κ3) is 4.41. The smallest absolute Gasteiger partial charge is 0.305 e. The maximum absolute atomic E-state index is 14.1. The molecule has 6 heteroatoms. The number of Topliss-reactive ketones (excluding diaryl/α,β-unsaturated/α-hetero) is 1. The first-order valence-corrected chi connectivity index (χ1v) is 13.0. The minimum absolute atomic E-state index is 0.0874. The fraction of sp³-hybridized carbons (Fsp3) is 0.759. The number of carbonyl (C=O) groups excluding carboxylic acids is 3. The van der Waals surface area contributed by atoms with Gasteiger partial charge in [-0.2, -0.15) is 0 Å². The SMILES string of the molecule is C=C(C)C1C[C@H](O)C2=C(C(=O)C[C@]3(C)[C@@H]([C@H](C)CCC(=O)OC)CC[C@@]23C)[C@@]1(C)CCC(=O)OC. The molecule has 0 radical (unpaired) electrons. The highest BCUT2D eigenvalue weighted by atomic mass is 16.5.